The summed E-state index contributed by atoms with van der Waals surface area (Å²) in [5, 5.41) is 0. The molecule has 6 heteroatoms. The summed E-state index contributed by atoms with van der Waals surface area (Å²) < 4.78 is 46.1. The zero-order chi connectivity index (χ0) is 9.30. The second-order valence-electron chi connectivity index (χ2n) is 2.22. The molecule has 0 bridgehead atoms. The molecule has 0 amide bonds. The molecule has 0 aliphatic heterocycles. The van der Waals surface area contributed by atoms with Crippen molar-refractivity contribution in [2.24, 2.45) is 0 Å². The Morgan fingerprint density at radius 3 is 2.38 bits per heavy atom. The summed E-state index contributed by atoms with van der Waals surface area (Å²) in [6.45, 7) is 1.18. The van der Waals surface area contributed by atoms with E-state index < -0.39 is 27.6 Å². The summed E-state index contributed by atoms with van der Waals surface area (Å²) in [7, 11) is 0. The smallest absolute Gasteiger partial charge is 0.768 e. The molecule has 0 saturated heterocycles. The van der Waals surface area contributed by atoms with Crippen LogP contribution in [0, 0.1) is 18.6 Å². The van der Waals surface area contributed by atoms with Crippen molar-refractivity contribution in [3.63, 3.8) is 0 Å². The van der Waals surface area contributed by atoms with E-state index in [0.29, 0.717) is 0 Å². The van der Waals surface area contributed by atoms with Crippen molar-refractivity contribution in [2.45, 2.75) is 11.8 Å². The monoisotopic (exact) mass is 230 g/mol. The van der Waals surface area contributed by atoms with Crippen LogP contribution in [-0.4, -0.2) is 8.76 Å². The van der Waals surface area contributed by atoms with Crippen molar-refractivity contribution in [1.29, 1.82) is 0 Å². The van der Waals surface area contributed by atoms with Crippen molar-refractivity contribution in [2.75, 3.05) is 0 Å². The quantitative estimate of drug-likeness (QED) is 0.436. The van der Waals surface area contributed by atoms with Gasteiger partial charge in [-0.2, -0.15) is 0 Å². The summed E-state index contributed by atoms with van der Waals surface area (Å²) in [4.78, 5) is -0.506. The van der Waals surface area contributed by atoms with Gasteiger partial charge in [0.1, 0.15) is 11.6 Å². The molecule has 1 unspecified atom stereocenters. The van der Waals surface area contributed by atoms with E-state index in [4.69, 9.17) is 0 Å². The van der Waals surface area contributed by atoms with Crippen LogP contribution in [0.15, 0.2) is 17.0 Å². The molecule has 1 rings (SSSR count). The fraction of sp³-hybridized carbons (Fsp3) is 0.143. The van der Waals surface area contributed by atoms with Crippen LogP contribution in [0.4, 0.5) is 8.78 Å². The summed E-state index contributed by atoms with van der Waals surface area (Å²) in [5.74, 6) is -1.77. The van der Waals surface area contributed by atoms with Gasteiger partial charge >= 0.3 is 51.4 Å². The third-order valence-corrected chi connectivity index (χ3v) is 2.14. The standard InChI is InChI=1S/C7H6F2O2S.K/c1-4-5(8)2-3-6(7(4)9)12(10)11;/h2-3H,1H3,(H,10,11);/q;+1/p-1. The third kappa shape index (κ3) is 3.16. The van der Waals surface area contributed by atoms with Gasteiger partial charge in [-0.25, -0.2) is 8.78 Å². The van der Waals surface area contributed by atoms with Crippen LogP contribution in [-0.2, 0) is 11.1 Å². The molecule has 0 spiro atoms. The Kier molecular flexibility index (Phi) is 6.00. The predicted octanol–water partition coefficient (Wildman–Crippen LogP) is -1.48. The van der Waals surface area contributed by atoms with Crippen molar-refractivity contribution in [3.8, 4) is 0 Å². The molecule has 1 aromatic carbocycles. The van der Waals surface area contributed by atoms with Crippen LogP contribution in [0.2, 0.25) is 0 Å². The van der Waals surface area contributed by atoms with Crippen LogP contribution in [0.3, 0.4) is 0 Å². The molecule has 0 heterocycles. The Hall–Kier alpha value is 0.826. The average Bonchev–Trinajstić information content (AvgIpc) is 2.00. The van der Waals surface area contributed by atoms with Crippen LogP contribution in [0.1, 0.15) is 5.56 Å². The Balaban J connectivity index is 0.00000144. The molecule has 1 atom stereocenters. The molecule has 2 nitrogen and oxygen atoms in total. The molecule has 13 heavy (non-hydrogen) atoms. The number of hydrogen-bond acceptors (Lipinski definition) is 2. The minimum Gasteiger partial charge on any atom is -0.768 e. The van der Waals surface area contributed by atoms with Gasteiger partial charge in [-0.15, -0.1) is 0 Å². The summed E-state index contributed by atoms with van der Waals surface area (Å²) in [6.07, 6.45) is 0. The van der Waals surface area contributed by atoms with E-state index in [2.05, 4.69) is 0 Å². The fourth-order valence-corrected chi connectivity index (χ4v) is 1.24. The number of halogens is 2. The molecule has 0 N–H and O–H groups in total. The minimum absolute atomic E-state index is 0. The van der Waals surface area contributed by atoms with Gasteiger partial charge in [-0.1, -0.05) is 0 Å². The van der Waals surface area contributed by atoms with Crippen LogP contribution in [0.5, 0.6) is 0 Å². The number of rotatable bonds is 1. The van der Waals surface area contributed by atoms with E-state index in [9.17, 15) is 17.5 Å². The van der Waals surface area contributed by atoms with E-state index in [1.54, 1.807) is 0 Å². The van der Waals surface area contributed by atoms with Gasteiger partial charge < -0.3 is 4.55 Å². The molecule has 0 saturated carbocycles. The molecule has 1 aromatic rings. The SMILES string of the molecule is Cc1c(F)ccc(S(=O)[O-])c1F.[K+]. The van der Waals surface area contributed by atoms with Crippen molar-refractivity contribution in [1.82, 2.24) is 0 Å². The molecule has 0 fully saturated rings. The normalized spacial score (nSPS) is 12.0. The topological polar surface area (TPSA) is 40.1 Å². The third-order valence-electron chi connectivity index (χ3n) is 1.46. The van der Waals surface area contributed by atoms with Gasteiger partial charge in [0.05, 0.1) is 4.90 Å². The maximum atomic E-state index is 12.9. The van der Waals surface area contributed by atoms with Gasteiger partial charge in [0, 0.05) is 5.56 Å². The summed E-state index contributed by atoms with van der Waals surface area (Å²) >= 11 is -2.65. The van der Waals surface area contributed by atoms with Crippen molar-refractivity contribution in [3.05, 3.63) is 29.3 Å². The largest absolute Gasteiger partial charge is 1.00 e. The maximum Gasteiger partial charge on any atom is 1.00 e. The second kappa shape index (κ2) is 5.65. The van der Waals surface area contributed by atoms with Gasteiger partial charge in [-0.05, 0) is 30.1 Å². The van der Waals surface area contributed by atoms with Gasteiger partial charge in [-0.3, -0.25) is 4.21 Å². The molecule has 0 aliphatic carbocycles. The molecular formula is C7H5F2KO2S. The van der Waals surface area contributed by atoms with Crippen molar-refractivity contribution >= 4 is 11.1 Å². The average molecular weight is 230 g/mol. The van der Waals surface area contributed by atoms with E-state index >= 15 is 0 Å². The second-order valence-corrected chi connectivity index (χ2v) is 3.13. The first kappa shape index (κ1) is 13.8. The Morgan fingerprint density at radius 2 is 1.92 bits per heavy atom. The van der Waals surface area contributed by atoms with Gasteiger partial charge in [0.15, 0.2) is 0 Å². The Bertz CT molecular complexity index is 344. The maximum absolute atomic E-state index is 12.9. The van der Waals surface area contributed by atoms with E-state index in [1.807, 2.05) is 0 Å². The fourth-order valence-electron chi connectivity index (χ4n) is 0.765. The molecule has 0 aromatic heterocycles. The first-order valence-electron chi connectivity index (χ1n) is 3.08. The summed E-state index contributed by atoms with van der Waals surface area (Å²) in [6, 6.07) is 1.81. The Morgan fingerprint density at radius 1 is 1.38 bits per heavy atom. The molecule has 66 valence electrons. The van der Waals surface area contributed by atoms with E-state index in [0.717, 1.165) is 12.1 Å². The Labute approximate surface area is 119 Å². The first-order valence-corrected chi connectivity index (χ1v) is 4.15. The first-order chi connectivity index (χ1) is 5.54. The van der Waals surface area contributed by atoms with Crippen LogP contribution >= 0.6 is 0 Å². The van der Waals surface area contributed by atoms with E-state index in [-0.39, 0.29) is 56.9 Å². The molecule has 0 radical (unpaired) electrons. The molecular weight excluding hydrogens is 225 g/mol. The zero-order valence-corrected chi connectivity index (χ0v) is 11.1. The van der Waals surface area contributed by atoms with E-state index in [1.165, 1.54) is 6.92 Å². The minimum atomic E-state index is -2.65. The molecule has 0 aliphatic rings. The predicted molar refractivity (Wildman–Crippen MR) is 38.3 cm³/mol. The van der Waals surface area contributed by atoms with Crippen molar-refractivity contribution < 1.29 is 68.9 Å². The number of hydrogen-bond donors (Lipinski definition) is 0. The van der Waals surface area contributed by atoms with Crippen LogP contribution in [0.25, 0.3) is 0 Å². The van der Waals surface area contributed by atoms with Crippen LogP contribution < -0.4 is 51.4 Å². The zero-order valence-electron chi connectivity index (χ0n) is 7.14. The number of benzene rings is 1. The van der Waals surface area contributed by atoms with Gasteiger partial charge in [0.2, 0.25) is 0 Å². The van der Waals surface area contributed by atoms with Gasteiger partial charge in [0.25, 0.3) is 0 Å². The summed E-state index contributed by atoms with van der Waals surface area (Å²) in [5.41, 5.74) is -0.281.